The molecule has 0 atom stereocenters. The Morgan fingerprint density at radius 3 is 1.22 bits per heavy atom. The molecule has 0 radical (unpaired) electrons. The first-order valence-electron chi connectivity index (χ1n) is 12.1. The van der Waals surface area contributed by atoms with Gasteiger partial charge in [-0.15, -0.1) is 0 Å². The summed E-state index contributed by atoms with van der Waals surface area (Å²) >= 11 is 0. The number of fused-ring (bicyclic) bond motifs is 4. The van der Waals surface area contributed by atoms with Crippen LogP contribution in [0.5, 0.6) is 0 Å². The van der Waals surface area contributed by atoms with Crippen molar-refractivity contribution in [1.82, 2.24) is 9.13 Å². The van der Waals surface area contributed by atoms with E-state index in [-0.39, 0.29) is 0 Å². The van der Waals surface area contributed by atoms with Gasteiger partial charge in [0.15, 0.2) is 22.3 Å². The minimum Gasteiger partial charge on any atom is -0.453 e. The monoisotopic (exact) mass is 468 g/mol. The van der Waals surface area contributed by atoms with E-state index in [4.69, 9.17) is 8.83 Å². The van der Waals surface area contributed by atoms with Crippen molar-refractivity contribution in [3.8, 4) is 11.4 Å². The maximum Gasteiger partial charge on any atom is 0.153 e. The number of hydrogen-bond acceptors (Lipinski definition) is 2. The van der Waals surface area contributed by atoms with Crippen molar-refractivity contribution >= 4 is 44.4 Å². The molecular weight excluding hydrogens is 444 g/mol. The number of aromatic nitrogens is 2. The van der Waals surface area contributed by atoms with Gasteiger partial charge in [-0.1, -0.05) is 59.7 Å². The van der Waals surface area contributed by atoms with Gasteiger partial charge in [-0.25, -0.2) is 0 Å². The molecule has 7 aromatic rings. The Kier molecular flexibility index (Phi) is 4.55. The van der Waals surface area contributed by atoms with Gasteiger partial charge in [-0.05, 0) is 62.4 Å². The minimum absolute atomic E-state index is 0.785. The lowest BCUT2D eigenvalue weighted by Gasteiger charge is -2.18. The summed E-state index contributed by atoms with van der Waals surface area (Å²) in [5.41, 5.74) is 11.7. The molecule has 0 spiro atoms. The van der Waals surface area contributed by atoms with Crippen LogP contribution in [-0.2, 0) is 0 Å². The van der Waals surface area contributed by atoms with Gasteiger partial charge in [0, 0.05) is 23.5 Å². The standard InChI is InChI=1S/C32H24N2O2/c1-21-11-15-23(16-12-21)33-25-7-3-5-9-29(25)35-31-20-28-32(19-27(31)33)36-30-10-6-4-8-26(30)34(28)24-17-13-22(2)14-18-24/h3-20H,1-2H3. The highest BCUT2D eigenvalue weighted by Gasteiger charge is 2.16. The number of rotatable bonds is 2. The third-order valence-corrected chi connectivity index (χ3v) is 6.76. The molecule has 0 saturated carbocycles. The molecule has 174 valence electrons. The molecule has 4 heteroatoms. The van der Waals surface area contributed by atoms with E-state index < -0.39 is 0 Å². The summed E-state index contributed by atoms with van der Waals surface area (Å²) in [6, 6.07) is 37.6. The Morgan fingerprint density at radius 1 is 0.417 bits per heavy atom. The van der Waals surface area contributed by atoms with E-state index in [2.05, 4.69) is 95.8 Å². The maximum absolute atomic E-state index is 6.49. The van der Waals surface area contributed by atoms with Crippen LogP contribution < -0.4 is 0 Å². The molecule has 0 fully saturated rings. The smallest absolute Gasteiger partial charge is 0.153 e. The molecule has 0 bridgehead atoms. The SMILES string of the molecule is Cc1ccc(-n2c3ccccc3oc3cc4c(cc32)oc2ccccc2n4-c2ccc(C)cc2)cc1. The molecule has 2 heterocycles. The zero-order valence-corrected chi connectivity index (χ0v) is 20.1. The van der Waals surface area contributed by atoms with Crippen LogP contribution in [0.3, 0.4) is 0 Å². The lowest BCUT2D eigenvalue weighted by Crippen LogP contribution is -2.03. The van der Waals surface area contributed by atoms with Crippen molar-refractivity contribution in [3.63, 3.8) is 0 Å². The van der Waals surface area contributed by atoms with Gasteiger partial charge in [0.25, 0.3) is 0 Å². The molecule has 0 amide bonds. The van der Waals surface area contributed by atoms with E-state index in [0.717, 1.165) is 55.8 Å². The van der Waals surface area contributed by atoms with Crippen molar-refractivity contribution < 1.29 is 8.83 Å². The molecule has 5 aromatic carbocycles. The lowest BCUT2D eigenvalue weighted by atomic mass is 10.1. The minimum atomic E-state index is 0.785. The molecule has 0 saturated heterocycles. The number of benzene rings is 5. The van der Waals surface area contributed by atoms with Gasteiger partial charge in [-0.3, -0.25) is 0 Å². The molecule has 0 aliphatic heterocycles. The molecule has 0 unspecified atom stereocenters. The second kappa shape index (κ2) is 7.92. The zero-order chi connectivity index (χ0) is 24.2. The van der Waals surface area contributed by atoms with Gasteiger partial charge in [-0.2, -0.15) is 0 Å². The molecule has 4 nitrogen and oxygen atoms in total. The summed E-state index contributed by atoms with van der Waals surface area (Å²) in [7, 11) is 0. The Morgan fingerprint density at radius 2 is 0.806 bits per heavy atom. The average Bonchev–Trinajstić information content (AvgIpc) is 2.91. The van der Waals surface area contributed by atoms with Gasteiger partial charge in [0.05, 0.1) is 22.1 Å². The van der Waals surface area contributed by atoms with Crippen LogP contribution in [0.15, 0.2) is 118 Å². The first-order chi connectivity index (χ1) is 17.7. The number of para-hydroxylation sites is 4. The summed E-state index contributed by atoms with van der Waals surface area (Å²) in [5.74, 6) is 0. The Hall–Kier alpha value is -4.70. The Bertz CT molecular complexity index is 1800. The molecular formula is C32H24N2O2. The highest BCUT2D eigenvalue weighted by Crippen LogP contribution is 2.34. The fourth-order valence-corrected chi connectivity index (χ4v) is 4.95. The summed E-state index contributed by atoms with van der Waals surface area (Å²) < 4.78 is 17.5. The van der Waals surface area contributed by atoms with Gasteiger partial charge in [0.2, 0.25) is 0 Å². The zero-order valence-electron chi connectivity index (χ0n) is 20.1. The molecule has 0 aliphatic rings. The van der Waals surface area contributed by atoms with E-state index in [1.54, 1.807) is 0 Å². The topological polar surface area (TPSA) is 36.1 Å². The van der Waals surface area contributed by atoms with Crippen LogP contribution in [0, 0.1) is 13.8 Å². The lowest BCUT2D eigenvalue weighted by molar-refractivity contribution is 0.643. The highest BCUT2D eigenvalue weighted by atomic mass is 16.3. The second-order valence-electron chi connectivity index (χ2n) is 9.27. The maximum atomic E-state index is 6.49. The van der Waals surface area contributed by atoms with Gasteiger partial charge >= 0.3 is 0 Å². The fraction of sp³-hybridized carbons (Fsp3) is 0.0625. The molecule has 36 heavy (non-hydrogen) atoms. The number of aryl methyl sites for hydroxylation is 2. The van der Waals surface area contributed by atoms with Crippen molar-refractivity contribution in [2.45, 2.75) is 13.8 Å². The predicted molar refractivity (Wildman–Crippen MR) is 147 cm³/mol. The summed E-state index contributed by atoms with van der Waals surface area (Å²) in [6.07, 6.45) is 0. The normalized spacial score (nSPS) is 11.6. The second-order valence-corrected chi connectivity index (χ2v) is 9.27. The van der Waals surface area contributed by atoms with E-state index in [0.29, 0.717) is 0 Å². The van der Waals surface area contributed by atoms with Crippen molar-refractivity contribution in [3.05, 3.63) is 120 Å². The van der Waals surface area contributed by atoms with E-state index in [1.165, 1.54) is 11.1 Å². The molecule has 7 rings (SSSR count). The van der Waals surface area contributed by atoms with Gasteiger partial charge in [0.1, 0.15) is 0 Å². The third-order valence-electron chi connectivity index (χ3n) is 6.76. The van der Waals surface area contributed by atoms with E-state index >= 15 is 0 Å². The summed E-state index contributed by atoms with van der Waals surface area (Å²) in [5, 5.41) is 0. The van der Waals surface area contributed by atoms with E-state index in [9.17, 15) is 0 Å². The van der Waals surface area contributed by atoms with Crippen LogP contribution in [-0.4, -0.2) is 9.13 Å². The van der Waals surface area contributed by atoms with Crippen molar-refractivity contribution in [2.24, 2.45) is 0 Å². The largest absolute Gasteiger partial charge is 0.453 e. The molecule has 0 N–H and O–H groups in total. The van der Waals surface area contributed by atoms with Crippen molar-refractivity contribution in [1.29, 1.82) is 0 Å². The van der Waals surface area contributed by atoms with E-state index in [1.807, 2.05) is 36.4 Å². The highest BCUT2D eigenvalue weighted by molar-refractivity contribution is 5.97. The summed E-state index contributed by atoms with van der Waals surface area (Å²) in [4.78, 5) is 0. The first-order valence-corrected chi connectivity index (χ1v) is 12.1. The third kappa shape index (κ3) is 3.23. The van der Waals surface area contributed by atoms with Crippen LogP contribution in [0.4, 0.5) is 0 Å². The van der Waals surface area contributed by atoms with Crippen molar-refractivity contribution in [2.75, 3.05) is 0 Å². The quantitative estimate of drug-likeness (QED) is 0.238. The van der Waals surface area contributed by atoms with Gasteiger partial charge < -0.3 is 18.0 Å². The number of hydrogen-bond donors (Lipinski definition) is 0. The van der Waals surface area contributed by atoms with Crippen LogP contribution >= 0.6 is 0 Å². The Labute approximate surface area is 207 Å². The fourth-order valence-electron chi connectivity index (χ4n) is 4.95. The van der Waals surface area contributed by atoms with Crippen LogP contribution in [0.1, 0.15) is 11.1 Å². The molecule has 0 aliphatic carbocycles. The van der Waals surface area contributed by atoms with Crippen LogP contribution in [0.2, 0.25) is 0 Å². The molecule has 2 aromatic heterocycles. The Balaban J connectivity index is 1.65. The summed E-state index contributed by atoms with van der Waals surface area (Å²) in [6.45, 7) is 4.21. The average molecular weight is 469 g/mol. The predicted octanol–water partition coefficient (Wildman–Crippen LogP) is 8.81. The van der Waals surface area contributed by atoms with Crippen LogP contribution in [0.25, 0.3) is 55.8 Å². The first kappa shape index (κ1) is 20.7. The number of nitrogens with zero attached hydrogens (tertiary/aromatic N) is 2.